The van der Waals surface area contributed by atoms with E-state index in [0.29, 0.717) is 43.9 Å². The van der Waals surface area contributed by atoms with Crippen molar-refractivity contribution in [3.05, 3.63) is 52.9 Å². The molecule has 0 radical (unpaired) electrons. The molecular formula is C19H20N4O4. The topological polar surface area (TPSA) is 87.0 Å². The van der Waals surface area contributed by atoms with Gasteiger partial charge in [0.1, 0.15) is 12.3 Å². The Morgan fingerprint density at radius 2 is 1.70 bits per heavy atom. The molecule has 0 spiro atoms. The molecule has 0 saturated carbocycles. The van der Waals surface area contributed by atoms with Gasteiger partial charge < -0.3 is 9.42 Å². The van der Waals surface area contributed by atoms with Crippen molar-refractivity contribution in [1.82, 2.24) is 19.9 Å². The molecule has 1 fully saturated rings. The molecule has 3 amide bonds. The number of hydrogen-bond acceptors (Lipinski definition) is 6. The first kappa shape index (κ1) is 17.4. The van der Waals surface area contributed by atoms with Crippen LogP contribution in [0.15, 0.2) is 34.9 Å². The number of hydrogen-bond donors (Lipinski definition) is 0. The number of piperazine rings is 1. The van der Waals surface area contributed by atoms with Gasteiger partial charge in [0.05, 0.1) is 16.8 Å². The maximum absolute atomic E-state index is 12.6. The molecule has 1 aromatic heterocycles. The second kappa shape index (κ2) is 6.96. The third-order valence-electron chi connectivity index (χ3n) is 4.96. The van der Waals surface area contributed by atoms with E-state index in [0.717, 1.165) is 16.4 Å². The predicted octanol–water partition coefficient (Wildman–Crippen LogP) is 0.923. The molecule has 2 aromatic rings. The molecule has 140 valence electrons. The molecule has 4 rings (SSSR count). The lowest BCUT2D eigenvalue weighted by Gasteiger charge is -2.34. The van der Waals surface area contributed by atoms with Crippen molar-refractivity contribution < 1.29 is 18.9 Å². The first-order valence-corrected chi connectivity index (χ1v) is 8.90. The minimum Gasteiger partial charge on any atom is -0.361 e. The molecule has 0 unspecified atom stereocenters. The molecular weight excluding hydrogens is 348 g/mol. The number of amides is 3. The fourth-order valence-corrected chi connectivity index (χ4v) is 3.49. The molecule has 0 atom stereocenters. The van der Waals surface area contributed by atoms with Gasteiger partial charge in [0.25, 0.3) is 11.8 Å². The molecule has 0 bridgehead atoms. The van der Waals surface area contributed by atoms with Gasteiger partial charge in [0.2, 0.25) is 5.91 Å². The van der Waals surface area contributed by atoms with Gasteiger partial charge in [-0.05, 0) is 19.1 Å². The van der Waals surface area contributed by atoms with E-state index in [2.05, 4.69) is 10.1 Å². The third kappa shape index (κ3) is 3.35. The van der Waals surface area contributed by atoms with Crippen LogP contribution >= 0.6 is 0 Å². The second-order valence-corrected chi connectivity index (χ2v) is 6.83. The molecule has 0 N–H and O–H groups in total. The van der Waals surface area contributed by atoms with Gasteiger partial charge in [-0.1, -0.05) is 17.3 Å². The highest BCUT2D eigenvalue weighted by Gasteiger charge is 2.37. The Bertz CT molecular complexity index is 864. The molecule has 2 aliphatic heterocycles. The zero-order valence-electron chi connectivity index (χ0n) is 15.1. The average Bonchev–Trinajstić information content (AvgIpc) is 3.19. The van der Waals surface area contributed by atoms with E-state index >= 15 is 0 Å². The van der Waals surface area contributed by atoms with Crippen LogP contribution < -0.4 is 0 Å². The summed E-state index contributed by atoms with van der Waals surface area (Å²) in [4.78, 5) is 42.3. The van der Waals surface area contributed by atoms with Gasteiger partial charge >= 0.3 is 0 Å². The Kier molecular flexibility index (Phi) is 4.49. The van der Waals surface area contributed by atoms with Crippen LogP contribution in [0.5, 0.6) is 0 Å². The lowest BCUT2D eigenvalue weighted by molar-refractivity contribution is -0.133. The van der Waals surface area contributed by atoms with Crippen LogP contribution in [0.25, 0.3) is 0 Å². The van der Waals surface area contributed by atoms with E-state index < -0.39 is 11.8 Å². The minimum atomic E-state index is -0.399. The quantitative estimate of drug-likeness (QED) is 0.746. The number of fused-ring (bicyclic) bond motifs is 1. The number of carbonyl (C=O) groups excluding carboxylic acids is 3. The summed E-state index contributed by atoms with van der Waals surface area (Å²) >= 11 is 0. The Morgan fingerprint density at radius 1 is 1.07 bits per heavy atom. The Labute approximate surface area is 156 Å². The van der Waals surface area contributed by atoms with E-state index in [9.17, 15) is 14.4 Å². The van der Waals surface area contributed by atoms with Gasteiger partial charge in [0.15, 0.2) is 0 Å². The summed E-state index contributed by atoms with van der Waals surface area (Å²) in [6.07, 6.45) is 0. The second-order valence-electron chi connectivity index (χ2n) is 6.83. The Morgan fingerprint density at radius 3 is 2.26 bits per heavy atom. The first-order chi connectivity index (χ1) is 13.0. The van der Waals surface area contributed by atoms with Gasteiger partial charge in [-0.2, -0.15) is 0 Å². The van der Waals surface area contributed by atoms with Crippen LogP contribution in [0.3, 0.4) is 0 Å². The number of imide groups is 1. The number of aromatic nitrogens is 1. The maximum atomic E-state index is 12.6. The number of rotatable bonds is 4. The minimum absolute atomic E-state index is 0.207. The van der Waals surface area contributed by atoms with E-state index in [4.69, 9.17) is 4.52 Å². The Balaban J connectivity index is 1.32. The van der Waals surface area contributed by atoms with Crippen LogP contribution in [0.2, 0.25) is 0 Å². The summed E-state index contributed by atoms with van der Waals surface area (Å²) in [6, 6.07) is 8.56. The predicted molar refractivity (Wildman–Crippen MR) is 94.9 cm³/mol. The smallest absolute Gasteiger partial charge is 0.262 e. The summed E-state index contributed by atoms with van der Waals surface area (Å²) in [5, 5.41) is 3.99. The Hall–Kier alpha value is -3.00. The van der Waals surface area contributed by atoms with E-state index in [1.54, 1.807) is 29.2 Å². The van der Waals surface area contributed by atoms with Crippen molar-refractivity contribution >= 4 is 17.7 Å². The highest BCUT2D eigenvalue weighted by Crippen LogP contribution is 2.22. The number of nitrogens with zero attached hydrogens (tertiary/aromatic N) is 4. The van der Waals surface area contributed by atoms with Crippen molar-refractivity contribution in [2.24, 2.45) is 0 Å². The molecule has 3 heterocycles. The molecule has 0 aliphatic carbocycles. The SMILES string of the molecule is Cc1cc(CN2CCN(C(=O)CN3C(=O)c4ccccc4C3=O)CC2)no1. The average molecular weight is 368 g/mol. The highest BCUT2D eigenvalue weighted by molar-refractivity contribution is 6.22. The van der Waals surface area contributed by atoms with Crippen LogP contribution in [0.1, 0.15) is 32.2 Å². The maximum Gasteiger partial charge on any atom is 0.262 e. The van der Waals surface area contributed by atoms with Gasteiger partial charge in [-0.25, -0.2) is 0 Å². The number of aryl methyl sites for hydroxylation is 1. The summed E-state index contributed by atoms with van der Waals surface area (Å²) in [6.45, 7) is 4.84. The molecule has 8 nitrogen and oxygen atoms in total. The molecule has 2 aliphatic rings. The van der Waals surface area contributed by atoms with Crippen LogP contribution in [-0.2, 0) is 11.3 Å². The largest absolute Gasteiger partial charge is 0.361 e. The van der Waals surface area contributed by atoms with Gasteiger partial charge in [-0.3, -0.25) is 24.2 Å². The lowest BCUT2D eigenvalue weighted by Crippen LogP contribution is -2.51. The van der Waals surface area contributed by atoms with E-state index in [1.165, 1.54) is 0 Å². The zero-order chi connectivity index (χ0) is 19.0. The van der Waals surface area contributed by atoms with Gasteiger partial charge in [0, 0.05) is 38.8 Å². The molecule has 27 heavy (non-hydrogen) atoms. The number of benzene rings is 1. The fourth-order valence-electron chi connectivity index (χ4n) is 3.49. The lowest BCUT2D eigenvalue weighted by atomic mass is 10.1. The summed E-state index contributed by atoms with van der Waals surface area (Å²) < 4.78 is 5.08. The van der Waals surface area contributed by atoms with E-state index in [1.807, 2.05) is 13.0 Å². The molecule has 8 heteroatoms. The summed E-state index contributed by atoms with van der Waals surface area (Å²) in [5.74, 6) is -0.228. The van der Waals surface area contributed by atoms with Crippen molar-refractivity contribution in [2.45, 2.75) is 13.5 Å². The van der Waals surface area contributed by atoms with Crippen molar-refractivity contribution in [1.29, 1.82) is 0 Å². The summed E-state index contributed by atoms with van der Waals surface area (Å²) in [5.41, 5.74) is 1.60. The standard InChI is InChI=1S/C19H20N4O4/c1-13-10-14(20-27-13)11-21-6-8-22(9-7-21)17(24)12-23-18(25)15-4-2-3-5-16(15)19(23)26/h2-5,10H,6-9,11-12H2,1H3. The van der Waals surface area contributed by atoms with Crippen LogP contribution in [0.4, 0.5) is 0 Å². The van der Waals surface area contributed by atoms with E-state index in [-0.39, 0.29) is 12.5 Å². The summed E-state index contributed by atoms with van der Waals surface area (Å²) in [7, 11) is 0. The van der Waals surface area contributed by atoms with Crippen LogP contribution in [-0.4, -0.2) is 70.3 Å². The normalized spacial score (nSPS) is 17.5. The van der Waals surface area contributed by atoms with Crippen molar-refractivity contribution in [3.8, 4) is 0 Å². The number of carbonyl (C=O) groups is 3. The third-order valence-corrected chi connectivity index (χ3v) is 4.96. The monoisotopic (exact) mass is 368 g/mol. The van der Waals surface area contributed by atoms with Crippen molar-refractivity contribution in [3.63, 3.8) is 0 Å². The van der Waals surface area contributed by atoms with Gasteiger partial charge in [-0.15, -0.1) is 0 Å². The zero-order valence-corrected chi connectivity index (χ0v) is 15.1. The molecule has 1 saturated heterocycles. The van der Waals surface area contributed by atoms with Crippen LogP contribution in [0, 0.1) is 6.92 Å². The highest BCUT2D eigenvalue weighted by atomic mass is 16.5. The van der Waals surface area contributed by atoms with Crippen molar-refractivity contribution in [2.75, 3.05) is 32.7 Å². The molecule has 1 aromatic carbocycles. The fraction of sp³-hybridized carbons (Fsp3) is 0.368. The first-order valence-electron chi connectivity index (χ1n) is 8.90.